The lowest BCUT2D eigenvalue weighted by Gasteiger charge is -1.94. The third-order valence-corrected chi connectivity index (χ3v) is 1.38. The number of benzene rings is 1. The fourth-order valence-corrected chi connectivity index (χ4v) is 0.782. The average molecular weight is 243 g/mol. The number of para-hydroxylation sites is 1. The van der Waals surface area contributed by atoms with E-state index in [0.29, 0.717) is 0 Å². The first-order chi connectivity index (χ1) is 5.33. The van der Waals surface area contributed by atoms with Crippen molar-refractivity contribution < 1.29 is 34.9 Å². The van der Waals surface area contributed by atoms with Crippen LogP contribution in [0.1, 0.15) is 0 Å². The molecule has 0 aliphatic carbocycles. The first-order valence-electron chi connectivity index (χ1n) is 3.13. The number of amides is 2. The number of rotatable bonds is 1. The van der Waals surface area contributed by atoms with Crippen LogP contribution in [0.3, 0.4) is 0 Å². The van der Waals surface area contributed by atoms with Gasteiger partial charge in [-0.1, -0.05) is 18.2 Å². The third-order valence-electron chi connectivity index (χ3n) is 1.19. The Hall–Kier alpha value is -0.480. The Morgan fingerprint density at radius 3 is 2.23 bits per heavy atom. The maximum absolute atomic E-state index is 10.7. The molecule has 0 spiro atoms. The zero-order valence-electron chi connectivity index (χ0n) is 6.51. The molecule has 0 aromatic heterocycles. The Labute approximate surface area is 93.8 Å². The van der Waals surface area contributed by atoms with Crippen molar-refractivity contribution in [2.45, 2.75) is 0 Å². The molecule has 0 aliphatic heterocycles. The highest BCUT2D eigenvalue weighted by Gasteiger charge is 2.02. The average Bonchev–Trinajstić information content (AvgIpc) is 2.06. The largest absolute Gasteiger partial charge is 1.00 e. The van der Waals surface area contributed by atoms with Crippen LogP contribution >= 0.6 is 11.8 Å². The molecule has 0 saturated carbocycles. The lowest BCUT2D eigenvalue weighted by molar-refractivity contribution is -0.463. The van der Waals surface area contributed by atoms with Gasteiger partial charge in [-0.05, 0) is 12.1 Å². The summed E-state index contributed by atoms with van der Waals surface area (Å²) in [6.07, 6.45) is 0. The highest BCUT2D eigenvalue weighted by molar-refractivity contribution is 6.19. The van der Waals surface area contributed by atoms with Gasteiger partial charge in [0.1, 0.15) is 5.69 Å². The number of carbonyl (C=O) groups is 1. The van der Waals surface area contributed by atoms with Crippen molar-refractivity contribution >= 4 is 23.5 Å². The summed E-state index contributed by atoms with van der Waals surface area (Å²) in [4.78, 5) is 12.7. The van der Waals surface area contributed by atoms with E-state index in [9.17, 15) is 4.79 Å². The Kier molecular flexibility index (Phi) is 9.39. The predicted molar refractivity (Wildman–Crippen MR) is 42.4 cm³/mol. The lowest BCUT2D eigenvalue weighted by atomic mass is 10.3. The molecule has 0 atom stereocenters. The summed E-state index contributed by atoms with van der Waals surface area (Å²) < 4.78 is 0. The molecule has 6 heteroatoms. The third kappa shape index (κ3) is 5.71. The number of nitrogens with two attached hydrogens (primary N) is 1. The minimum atomic E-state index is -0.308. The molecule has 0 bridgehead atoms. The molecule has 2 amide bonds. The standard InChI is InChI=1S/C7H7ClN2O.2ClH/c8-10-7(11)9-6-4-2-1-3-5-6;;/h1-5H,(H2,9,10,11);2*1H/p-1. The quantitative estimate of drug-likeness (QED) is 0.375. The fourth-order valence-electron chi connectivity index (χ4n) is 0.728. The van der Waals surface area contributed by atoms with Gasteiger partial charge < -0.3 is 24.8 Å². The van der Waals surface area contributed by atoms with Crippen molar-refractivity contribution in [3.8, 4) is 0 Å². The number of quaternary nitrogens is 1. The fraction of sp³-hybridized carbons (Fsp3) is 0. The number of nitrogens with one attached hydrogen (secondary N) is 1. The van der Waals surface area contributed by atoms with Crippen molar-refractivity contribution in [2.75, 3.05) is 0 Å². The first kappa shape index (κ1) is 15.0. The van der Waals surface area contributed by atoms with Crippen molar-refractivity contribution in [2.24, 2.45) is 0 Å². The topological polar surface area (TPSA) is 45.7 Å². The van der Waals surface area contributed by atoms with Gasteiger partial charge in [0.2, 0.25) is 0 Å². The molecule has 74 valence electrons. The van der Waals surface area contributed by atoms with E-state index in [-0.39, 0.29) is 30.8 Å². The van der Waals surface area contributed by atoms with Crippen LogP contribution in [0, 0.1) is 0 Å². The Bertz CT molecular complexity index is 243. The summed E-state index contributed by atoms with van der Waals surface area (Å²) in [5, 5.41) is 1.42. The van der Waals surface area contributed by atoms with E-state index in [4.69, 9.17) is 11.8 Å². The van der Waals surface area contributed by atoms with E-state index in [2.05, 4.69) is 0 Å². The van der Waals surface area contributed by atoms with Gasteiger partial charge in [0.05, 0.1) is 0 Å². The minimum absolute atomic E-state index is 0. The summed E-state index contributed by atoms with van der Waals surface area (Å²) in [6.45, 7) is 0. The maximum Gasteiger partial charge on any atom is 0.432 e. The van der Waals surface area contributed by atoms with Gasteiger partial charge in [0.25, 0.3) is 0 Å². The zero-order chi connectivity index (χ0) is 8.10. The molecule has 3 nitrogen and oxygen atoms in total. The van der Waals surface area contributed by atoms with Crippen LogP contribution in [0.4, 0.5) is 10.5 Å². The maximum atomic E-state index is 10.7. The molecule has 0 saturated heterocycles. The normalized spacial score (nSPS) is 7.77. The molecule has 0 aliphatic rings. The Balaban J connectivity index is 0. The molecule has 1 rings (SSSR count). The molecule has 3 N–H and O–H groups in total. The van der Waals surface area contributed by atoms with E-state index in [0.717, 1.165) is 5.69 Å². The van der Waals surface area contributed by atoms with E-state index in [1.54, 1.807) is 0 Å². The van der Waals surface area contributed by atoms with E-state index >= 15 is 0 Å². The molecule has 1 aromatic carbocycles. The first-order valence-corrected chi connectivity index (χ1v) is 3.51. The zero-order valence-corrected chi connectivity index (χ0v) is 8.77. The molecular formula is C7H8Cl3N2O-. The molecule has 1 aromatic rings. The van der Waals surface area contributed by atoms with Crippen molar-refractivity contribution in [1.82, 2.24) is 4.84 Å². The Morgan fingerprint density at radius 2 is 1.77 bits per heavy atom. The van der Waals surface area contributed by atoms with Gasteiger partial charge in [-0.2, -0.15) is 0 Å². The highest BCUT2D eigenvalue weighted by atomic mass is 35.5. The van der Waals surface area contributed by atoms with Gasteiger partial charge in [-0.25, -0.2) is 14.9 Å². The summed E-state index contributed by atoms with van der Waals surface area (Å²) in [6, 6.07) is 8.94. The van der Waals surface area contributed by atoms with Crippen LogP contribution in [0.25, 0.3) is 0 Å². The minimum Gasteiger partial charge on any atom is -1.00 e. The smallest absolute Gasteiger partial charge is 0.432 e. The molecule has 13 heavy (non-hydrogen) atoms. The number of halogens is 3. The summed E-state index contributed by atoms with van der Waals surface area (Å²) >= 11 is 5.07. The lowest BCUT2D eigenvalue weighted by Crippen LogP contribution is -3.00. The molecule has 0 fully saturated rings. The van der Waals surface area contributed by atoms with Crippen molar-refractivity contribution in [3.63, 3.8) is 0 Å². The van der Waals surface area contributed by atoms with Crippen molar-refractivity contribution in [3.05, 3.63) is 30.3 Å². The Morgan fingerprint density at radius 1 is 1.23 bits per heavy atom. The van der Waals surface area contributed by atoms with Crippen LogP contribution in [0.2, 0.25) is 0 Å². The second-order valence-electron chi connectivity index (χ2n) is 2.01. The number of hydrogen-bond donors (Lipinski definition) is 2. The van der Waals surface area contributed by atoms with E-state index in [1.807, 2.05) is 35.2 Å². The summed E-state index contributed by atoms with van der Waals surface area (Å²) in [7, 11) is 0. The van der Waals surface area contributed by atoms with Crippen LogP contribution < -0.4 is 35.0 Å². The van der Waals surface area contributed by atoms with Crippen LogP contribution in [0.15, 0.2) is 30.3 Å². The number of carbonyl (C=O) groups excluding carboxylic acids is 1. The number of urea groups is 1. The van der Waals surface area contributed by atoms with Gasteiger partial charge in [-0.15, -0.1) is 0 Å². The van der Waals surface area contributed by atoms with Gasteiger partial charge in [-0.3, -0.25) is 0 Å². The number of hydrogen-bond acceptors (Lipinski definition) is 1. The molecule has 0 radical (unpaired) electrons. The number of primary amides is 1. The second kappa shape index (κ2) is 8.13. The monoisotopic (exact) mass is 241 g/mol. The van der Waals surface area contributed by atoms with Crippen molar-refractivity contribution in [1.29, 1.82) is 0 Å². The summed E-state index contributed by atoms with van der Waals surface area (Å²) in [5.41, 5.74) is 0.839. The van der Waals surface area contributed by atoms with Gasteiger partial charge in [0.15, 0.2) is 0 Å². The van der Waals surface area contributed by atoms with Crippen LogP contribution in [0.5, 0.6) is 0 Å². The van der Waals surface area contributed by atoms with Crippen LogP contribution in [-0.4, -0.2) is 6.03 Å². The highest BCUT2D eigenvalue weighted by Crippen LogP contribution is 1.95. The predicted octanol–water partition coefficient (Wildman–Crippen LogP) is -5.25. The molecule has 0 heterocycles. The molecule has 0 unspecified atom stereocenters. The van der Waals surface area contributed by atoms with E-state index in [1.165, 1.54) is 5.32 Å². The van der Waals surface area contributed by atoms with Crippen LogP contribution in [-0.2, 0) is 0 Å². The SMILES string of the molecule is O=C(NCl)[NH2+]c1ccccc1.[Cl-].[Cl-]. The van der Waals surface area contributed by atoms with Gasteiger partial charge >= 0.3 is 6.03 Å². The summed E-state index contributed by atoms with van der Waals surface area (Å²) in [5.74, 6) is 0. The van der Waals surface area contributed by atoms with E-state index < -0.39 is 0 Å². The molecular weight excluding hydrogens is 234 g/mol. The van der Waals surface area contributed by atoms with Gasteiger partial charge in [0, 0.05) is 11.8 Å². The second-order valence-corrected chi connectivity index (χ2v) is 2.20.